The first-order chi connectivity index (χ1) is 9.49. The van der Waals surface area contributed by atoms with Crippen molar-refractivity contribution in [2.24, 2.45) is 0 Å². The molecule has 0 aliphatic heterocycles. The van der Waals surface area contributed by atoms with Crippen LogP contribution >= 0.6 is 0 Å². The quantitative estimate of drug-likeness (QED) is 0.909. The van der Waals surface area contributed by atoms with E-state index in [9.17, 15) is 0 Å². The SMILES string of the molecule is CNCc1cccc(OCc2noc(C(C)(C)C)n2)c1. The van der Waals surface area contributed by atoms with Crippen molar-refractivity contribution in [1.29, 1.82) is 0 Å². The highest BCUT2D eigenvalue weighted by Gasteiger charge is 2.21. The number of hydrogen-bond donors (Lipinski definition) is 1. The number of benzene rings is 1. The van der Waals surface area contributed by atoms with Crippen LogP contribution in [0, 0.1) is 0 Å². The predicted molar refractivity (Wildman–Crippen MR) is 76.5 cm³/mol. The third kappa shape index (κ3) is 3.81. The second kappa shape index (κ2) is 6.05. The fraction of sp³-hybridized carbons (Fsp3) is 0.467. The van der Waals surface area contributed by atoms with Gasteiger partial charge in [-0.25, -0.2) is 0 Å². The molecule has 20 heavy (non-hydrogen) atoms. The number of ether oxygens (including phenoxy) is 1. The molecular weight excluding hydrogens is 254 g/mol. The van der Waals surface area contributed by atoms with Crippen molar-refractivity contribution in [2.45, 2.75) is 39.3 Å². The van der Waals surface area contributed by atoms with Crippen LogP contribution in [0.4, 0.5) is 0 Å². The summed E-state index contributed by atoms with van der Waals surface area (Å²) in [5.74, 6) is 1.99. The Hall–Kier alpha value is -1.88. The van der Waals surface area contributed by atoms with E-state index in [2.05, 4.69) is 21.5 Å². The van der Waals surface area contributed by atoms with Crippen LogP contribution in [0.1, 0.15) is 38.0 Å². The van der Waals surface area contributed by atoms with Gasteiger partial charge in [0, 0.05) is 12.0 Å². The lowest BCUT2D eigenvalue weighted by Gasteiger charge is -2.10. The normalized spacial score (nSPS) is 11.6. The first-order valence-electron chi connectivity index (χ1n) is 6.68. The molecule has 0 aliphatic carbocycles. The zero-order valence-electron chi connectivity index (χ0n) is 12.4. The lowest BCUT2D eigenvalue weighted by Crippen LogP contribution is -2.11. The van der Waals surface area contributed by atoms with Crippen molar-refractivity contribution in [1.82, 2.24) is 15.5 Å². The van der Waals surface area contributed by atoms with Crippen LogP contribution in [0.25, 0.3) is 0 Å². The van der Waals surface area contributed by atoms with Gasteiger partial charge in [-0.15, -0.1) is 0 Å². The van der Waals surface area contributed by atoms with E-state index < -0.39 is 0 Å². The summed E-state index contributed by atoms with van der Waals surface area (Å²) in [4.78, 5) is 4.34. The van der Waals surface area contributed by atoms with Gasteiger partial charge in [0.15, 0.2) is 6.61 Å². The summed E-state index contributed by atoms with van der Waals surface area (Å²) < 4.78 is 10.9. The predicted octanol–water partition coefficient (Wildman–Crippen LogP) is 2.67. The largest absolute Gasteiger partial charge is 0.485 e. The van der Waals surface area contributed by atoms with Crippen LogP contribution in [0.5, 0.6) is 5.75 Å². The summed E-state index contributed by atoms with van der Waals surface area (Å²) >= 11 is 0. The summed E-state index contributed by atoms with van der Waals surface area (Å²) in [5.41, 5.74) is 1.03. The van der Waals surface area contributed by atoms with Crippen LogP contribution in [0.2, 0.25) is 0 Å². The fourth-order valence-corrected chi connectivity index (χ4v) is 1.71. The van der Waals surface area contributed by atoms with Crippen LogP contribution in [-0.4, -0.2) is 17.2 Å². The molecule has 5 nitrogen and oxygen atoms in total. The maximum atomic E-state index is 5.69. The first kappa shape index (κ1) is 14.5. The molecule has 0 fully saturated rings. The van der Waals surface area contributed by atoms with E-state index in [-0.39, 0.29) is 5.41 Å². The van der Waals surface area contributed by atoms with E-state index in [0.717, 1.165) is 12.3 Å². The minimum atomic E-state index is -0.141. The summed E-state index contributed by atoms with van der Waals surface area (Å²) in [6, 6.07) is 7.94. The van der Waals surface area contributed by atoms with Crippen molar-refractivity contribution < 1.29 is 9.26 Å². The smallest absolute Gasteiger partial charge is 0.232 e. The summed E-state index contributed by atoms with van der Waals surface area (Å²) in [5, 5.41) is 7.04. The molecule has 2 rings (SSSR count). The van der Waals surface area contributed by atoms with Crippen LogP contribution in [-0.2, 0) is 18.6 Å². The monoisotopic (exact) mass is 275 g/mol. The lowest BCUT2D eigenvalue weighted by molar-refractivity contribution is 0.280. The lowest BCUT2D eigenvalue weighted by atomic mass is 9.97. The summed E-state index contributed by atoms with van der Waals surface area (Å²) in [6.07, 6.45) is 0. The number of rotatable bonds is 5. The van der Waals surface area contributed by atoms with Gasteiger partial charge in [0.25, 0.3) is 0 Å². The van der Waals surface area contributed by atoms with Crippen LogP contribution < -0.4 is 10.1 Å². The molecule has 1 N–H and O–H groups in total. The van der Waals surface area contributed by atoms with Gasteiger partial charge in [-0.3, -0.25) is 0 Å². The van der Waals surface area contributed by atoms with Gasteiger partial charge in [0.2, 0.25) is 11.7 Å². The molecule has 0 bridgehead atoms. The Kier molecular flexibility index (Phi) is 4.39. The van der Waals surface area contributed by atoms with Gasteiger partial charge in [0.1, 0.15) is 5.75 Å². The van der Waals surface area contributed by atoms with E-state index in [1.807, 2.05) is 46.0 Å². The molecule has 0 saturated heterocycles. The van der Waals surface area contributed by atoms with Crippen molar-refractivity contribution in [3.63, 3.8) is 0 Å². The van der Waals surface area contributed by atoms with Gasteiger partial charge in [-0.1, -0.05) is 38.1 Å². The Labute approximate surface area is 119 Å². The van der Waals surface area contributed by atoms with Crippen LogP contribution in [0.15, 0.2) is 28.8 Å². The molecule has 0 aliphatic rings. The van der Waals surface area contributed by atoms with Crippen molar-refractivity contribution in [3.8, 4) is 5.75 Å². The standard InChI is InChI=1S/C15H21N3O2/c1-15(2,3)14-17-13(18-20-14)10-19-12-7-5-6-11(8-12)9-16-4/h5-8,16H,9-10H2,1-4H3. The zero-order chi connectivity index (χ0) is 14.6. The third-order valence-corrected chi connectivity index (χ3v) is 2.76. The topological polar surface area (TPSA) is 60.2 Å². The number of nitrogens with one attached hydrogen (secondary N) is 1. The summed E-state index contributed by atoms with van der Waals surface area (Å²) in [6.45, 7) is 7.22. The van der Waals surface area contributed by atoms with Crippen molar-refractivity contribution in [2.75, 3.05) is 7.05 Å². The second-order valence-corrected chi connectivity index (χ2v) is 5.73. The first-order valence-corrected chi connectivity index (χ1v) is 6.68. The highest BCUT2D eigenvalue weighted by atomic mass is 16.5. The Balaban J connectivity index is 1.98. The van der Waals surface area contributed by atoms with Gasteiger partial charge in [0.05, 0.1) is 0 Å². The Bertz CT molecular complexity index is 558. The Morgan fingerprint density at radius 2 is 2.10 bits per heavy atom. The number of nitrogens with zero attached hydrogens (tertiary/aromatic N) is 2. The highest BCUT2D eigenvalue weighted by molar-refractivity contribution is 5.28. The molecule has 0 radical (unpaired) electrons. The number of hydrogen-bond acceptors (Lipinski definition) is 5. The molecule has 0 amide bonds. The molecule has 108 valence electrons. The second-order valence-electron chi connectivity index (χ2n) is 5.73. The van der Waals surface area contributed by atoms with Gasteiger partial charge in [-0.05, 0) is 24.7 Å². The molecular formula is C15H21N3O2. The third-order valence-electron chi connectivity index (χ3n) is 2.76. The molecule has 1 aromatic carbocycles. The van der Waals surface area contributed by atoms with E-state index in [0.29, 0.717) is 18.3 Å². The molecule has 0 unspecified atom stereocenters. The minimum absolute atomic E-state index is 0.141. The molecule has 0 atom stereocenters. The highest BCUT2D eigenvalue weighted by Crippen LogP contribution is 2.20. The zero-order valence-corrected chi connectivity index (χ0v) is 12.4. The molecule has 0 saturated carbocycles. The van der Waals surface area contributed by atoms with E-state index in [1.54, 1.807) is 0 Å². The number of aromatic nitrogens is 2. The fourth-order valence-electron chi connectivity index (χ4n) is 1.71. The van der Waals surface area contributed by atoms with Gasteiger partial charge in [-0.2, -0.15) is 4.98 Å². The Morgan fingerprint density at radius 1 is 1.30 bits per heavy atom. The summed E-state index contributed by atoms with van der Waals surface area (Å²) in [7, 11) is 1.92. The van der Waals surface area contributed by atoms with Crippen molar-refractivity contribution in [3.05, 3.63) is 41.5 Å². The van der Waals surface area contributed by atoms with E-state index in [1.165, 1.54) is 5.56 Å². The molecule has 2 aromatic rings. The maximum Gasteiger partial charge on any atom is 0.232 e. The van der Waals surface area contributed by atoms with Gasteiger partial charge < -0.3 is 14.6 Å². The van der Waals surface area contributed by atoms with Crippen LogP contribution in [0.3, 0.4) is 0 Å². The van der Waals surface area contributed by atoms with E-state index in [4.69, 9.17) is 9.26 Å². The molecule has 0 spiro atoms. The Morgan fingerprint density at radius 3 is 2.75 bits per heavy atom. The van der Waals surface area contributed by atoms with Crippen molar-refractivity contribution >= 4 is 0 Å². The average Bonchev–Trinajstić information content (AvgIpc) is 2.86. The molecule has 5 heteroatoms. The minimum Gasteiger partial charge on any atom is -0.485 e. The molecule has 1 heterocycles. The van der Waals surface area contributed by atoms with E-state index >= 15 is 0 Å². The maximum absolute atomic E-state index is 5.69. The molecule has 1 aromatic heterocycles. The van der Waals surface area contributed by atoms with Gasteiger partial charge >= 0.3 is 0 Å². The average molecular weight is 275 g/mol.